The van der Waals surface area contributed by atoms with E-state index >= 15 is 0 Å². The Labute approximate surface area is 198 Å². The van der Waals surface area contributed by atoms with Crippen LogP contribution in [0, 0.1) is 5.92 Å². The summed E-state index contributed by atoms with van der Waals surface area (Å²) in [7, 11) is 6.20. The third-order valence-corrected chi connectivity index (χ3v) is 6.14. The second-order valence-electron chi connectivity index (χ2n) is 8.46. The Morgan fingerprint density at radius 1 is 1.30 bits per heavy atom. The quantitative estimate of drug-likeness (QED) is 0.346. The van der Waals surface area contributed by atoms with Gasteiger partial charge in [-0.1, -0.05) is 19.3 Å². The molecule has 1 N–H and O–H groups in total. The van der Waals surface area contributed by atoms with Crippen molar-refractivity contribution in [1.82, 2.24) is 24.9 Å². The van der Waals surface area contributed by atoms with Crippen molar-refractivity contribution < 1.29 is 4.79 Å². The van der Waals surface area contributed by atoms with Gasteiger partial charge in [-0.05, 0) is 39.8 Å². The first-order chi connectivity index (χ1) is 14.0. The molecule has 170 valence electrons. The van der Waals surface area contributed by atoms with E-state index in [1.54, 1.807) is 10.9 Å². The van der Waals surface area contributed by atoms with E-state index in [9.17, 15) is 4.79 Å². The highest BCUT2D eigenvalue weighted by Gasteiger charge is 2.29. The minimum atomic E-state index is 0. The normalized spacial score (nSPS) is 19.8. The predicted molar refractivity (Wildman–Crippen MR) is 133 cm³/mol. The van der Waals surface area contributed by atoms with Gasteiger partial charge in [0, 0.05) is 38.9 Å². The number of carbonyl (C=O) groups is 1. The molecule has 1 aromatic rings. The topological polar surface area (TPSA) is 69.0 Å². The lowest BCUT2D eigenvalue weighted by Crippen LogP contribution is -2.55. The molecule has 2 fully saturated rings. The summed E-state index contributed by atoms with van der Waals surface area (Å²) in [6.45, 7) is 5.41. The van der Waals surface area contributed by atoms with Gasteiger partial charge in [0.15, 0.2) is 5.96 Å². The van der Waals surface area contributed by atoms with Crippen molar-refractivity contribution in [2.45, 2.75) is 45.1 Å². The fourth-order valence-corrected chi connectivity index (χ4v) is 4.53. The first kappa shape index (κ1) is 24.9. The smallest absolute Gasteiger partial charge is 0.246 e. The summed E-state index contributed by atoms with van der Waals surface area (Å²) in [6, 6.07) is 0.455. The number of likely N-dealkylation sites (N-methyl/N-ethyl adjacent to an activating group) is 1. The number of hydrogen-bond donors (Lipinski definition) is 1. The summed E-state index contributed by atoms with van der Waals surface area (Å²) in [5.74, 6) is 1.66. The van der Waals surface area contributed by atoms with Gasteiger partial charge in [0.05, 0.1) is 18.4 Å². The van der Waals surface area contributed by atoms with Crippen molar-refractivity contribution in [3.8, 4) is 0 Å². The zero-order chi connectivity index (χ0) is 20.8. The van der Waals surface area contributed by atoms with E-state index in [1.165, 1.54) is 32.1 Å². The lowest BCUT2D eigenvalue weighted by molar-refractivity contribution is -0.120. The Balaban J connectivity index is 0.00000320. The summed E-state index contributed by atoms with van der Waals surface area (Å²) in [5, 5.41) is 7.59. The predicted octanol–water partition coefficient (Wildman–Crippen LogP) is 2.16. The number of rotatable bonds is 6. The molecule has 1 aliphatic carbocycles. The monoisotopic (exact) mass is 531 g/mol. The Kier molecular flexibility index (Phi) is 9.86. The highest BCUT2D eigenvalue weighted by molar-refractivity contribution is 14.0. The number of piperazine rings is 1. The molecular formula is C21H38IN7O. The van der Waals surface area contributed by atoms with Crippen molar-refractivity contribution >= 4 is 41.5 Å². The number of hydrogen-bond acceptors (Lipinski definition) is 4. The molecule has 2 aliphatic rings. The maximum absolute atomic E-state index is 12.8. The number of aromatic nitrogens is 2. The van der Waals surface area contributed by atoms with Gasteiger partial charge in [-0.3, -0.25) is 14.5 Å². The molecule has 1 atom stereocenters. The summed E-state index contributed by atoms with van der Waals surface area (Å²) in [5.41, 5.74) is 0.865. The first-order valence-electron chi connectivity index (χ1n) is 11.0. The van der Waals surface area contributed by atoms with E-state index in [0.29, 0.717) is 19.1 Å². The van der Waals surface area contributed by atoms with Crippen LogP contribution in [0.3, 0.4) is 0 Å². The number of nitrogens with one attached hydrogen (secondary N) is 1. The molecule has 2 heterocycles. The minimum absolute atomic E-state index is 0. The van der Waals surface area contributed by atoms with E-state index < -0.39 is 0 Å². The molecule has 3 rings (SSSR count). The van der Waals surface area contributed by atoms with Crippen LogP contribution in [0.15, 0.2) is 17.4 Å². The fourth-order valence-electron chi connectivity index (χ4n) is 4.53. The van der Waals surface area contributed by atoms with Crippen LogP contribution in [-0.4, -0.2) is 84.3 Å². The lowest BCUT2D eigenvalue weighted by atomic mass is 9.83. The average Bonchev–Trinajstić information content (AvgIpc) is 3.14. The van der Waals surface area contributed by atoms with Crippen LogP contribution in [0.2, 0.25) is 0 Å². The van der Waals surface area contributed by atoms with Crippen molar-refractivity contribution in [1.29, 1.82) is 0 Å². The van der Waals surface area contributed by atoms with Crippen molar-refractivity contribution in [3.63, 3.8) is 0 Å². The third-order valence-electron chi connectivity index (χ3n) is 6.14. The SMILES string of the molecule is CCNC(=NCC(C1CCCCC1)N(C)C)N1CCN(c2cnn(C)c2)C(=O)C1.I. The van der Waals surface area contributed by atoms with Crippen LogP contribution in [0.1, 0.15) is 39.0 Å². The second-order valence-corrected chi connectivity index (χ2v) is 8.46. The van der Waals surface area contributed by atoms with Gasteiger partial charge in [-0.25, -0.2) is 0 Å². The van der Waals surface area contributed by atoms with Gasteiger partial charge in [0.2, 0.25) is 5.91 Å². The standard InChI is InChI=1S/C21H37N7O.HI/c1-5-22-21(23-14-19(25(2)3)17-9-7-6-8-10-17)27-11-12-28(20(29)16-27)18-13-24-26(4)15-18;/h13,15,17,19H,5-12,14,16H2,1-4H3,(H,22,23);1H. The molecule has 1 saturated carbocycles. The minimum Gasteiger partial charge on any atom is -0.357 e. The molecule has 8 nitrogen and oxygen atoms in total. The molecule has 0 bridgehead atoms. The van der Waals surface area contributed by atoms with Crippen LogP contribution in [0.5, 0.6) is 0 Å². The maximum Gasteiger partial charge on any atom is 0.246 e. The van der Waals surface area contributed by atoms with E-state index in [1.807, 2.05) is 18.1 Å². The number of guanidine groups is 1. The molecule has 0 spiro atoms. The highest BCUT2D eigenvalue weighted by Crippen LogP contribution is 2.28. The van der Waals surface area contributed by atoms with Crippen LogP contribution in [0.4, 0.5) is 5.69 Å². The van der Waals surface area contributed by atoms with Crippen molar-refractivity contribution in [3.05, 3.63) is 12.4 Å². The molecular weight excluding hydrogens is 493 g/mol. The van der Waals surface area contributed by atoms with Gasteiger partial charge < -0.3 is 20.0 Å². The first-order valence-corrected chi connectivity index (χ1v) is 11.0. The number of halogens is 1. The Morgan fingerprint density at radius 2 is 2.03 bits per heavy atom. The summed E-state index contributed by atoms with van der Waals surface area (Å²) in [4.78, 5) is 24.0. The molecule has 1 saturated heterocycles. The van der Waals surface area contributed by atoms with Gasteiger partial charge in [-0.15, -0.1) is 24.0 Å². The molecule has 0 aromatic carbocycles. The molecule has 1 aliphatic heterocycles. The van der Waals surface area contributed by atoms with Gasteiger partial charge in [0.1, 0.15) is 6.54 Å². The second kappa shape index (κ2) is 11.9. The van der Waals surface area contributed by atoms with Crippen LogP contribution >= 0.6 is 24.0 Å². The summed E-state index contributed by atoms with van der Waals surface area (Å²) >= 11 is 0. The van der Waals surface area contributed by atoms with E-state index in [-0.39, 0.29) is 29.9 Å². The van der Waals surface area contributed by atoms with E-state index in [4.69, 9.17) is 4.99 Å². The number of anilines is 1. The van der Waals surface area contributed by atoms with Gasteiger partial charge in [0.25, 0.3) is 0 Å². The number of aryl methyl sites for hydroxylation is 1. The summed E-state index contributed by atoms with van der Waals surface area (Å²) < 4.78 is 1.73. The average molecular weight is 531 g/mol. The molecule has 1 unspecified atom stereocenters. The number of nitrogens with zero attached hydrogens (tertiary/aromatic N) is 6. The van der Waals surface area contributed by atoms with E-state index in [2.05, 4.69) is 41.2 Å². The molecule has 1 amide bonds. The van der Waals surface area contributed by atoms with Crippen LogP contribution in [0.25, 0.3) is 0 Å². The Hall–Kier alpha value is -1.36. The Bertz CT molecular complexity index is 699. The largest absolute Gasteiger partial charge is 0.357 e. The molecule has 9 heteroatoms. The van der Waals surface area contributed by atoms with E-state index in [0.717, 1.165) is 37.2 Å². The lowest BCUT2D eigenvalue weighted by Gasteiger charge is -2.37. The fraction of sp³-hybridized carbons (Fsp3) is 0.762. The van der Waals surface area contributed by atoms with Crippen molar-refractivity contribution in [2.24, 2.45) is 18.0 Å². The summed E-state index contributed by atoms with van der Waals surface area (Å²) in [6.07, 6.45) is 10.3. The van der Waals surface area contributed by atoms with Crippen LogP contribution in [-0.2, 0) is 11.8 Å². The third kappa shape index (κ3) is 6.32. The zero-order valence-electron chi connectivity index (χ0n) is 18.9. The number of aliphatic imine (C=N–C) groups is 1. The van der Waals surface area contributed by atoms with Gasteiger partial charge in [-0.2, -0.15) is 5.10 Å². The maximum atomic E-state index is 12.8. The molecule has 0 radical (unpaired) electrons. The van der Waals surface area contributed by atoms with Crippen LogP contribution < -0.4 is 10.2 Å². The highest BCUT2D eigenvalue weighted by atomic mass is 127. The number of amides is 1. The van der Waals surface area contributed by atoms with Crippen molar-refractivity contribution in [2.75, 3.05) is 51.7 Å². The zero-order valence-corrected chi connectivity index (χ0v) is 21.2. The Morgan fingerprint density at radius 3 is 2.60 bits per heavy atom. The molecule has 30 heavy (non-hydrogen) atoms. The number of carbonyl (C=O) groups excluding carboxylic acids is 1. The molecule has 1 aromatic heterocycles. The van der Waals surface area contributed by atoms with Gasteiger partial charge >= 0.3 is 0 Å².